The second kappa shape index (κ2) is 8.46. The van der Waals surface area contributed by atoms with Gasteiger partial charge in [0, 0.05) is 23.5 Å². The van der Waals surface area contributed by atoms with E-state index in [1.54, 1.807) is 48.5 Å². The van der Waals surface area contributed by atoms with Gasteiger partial charge in [0.1, 0.15) is 6.10 Å². The van der Waals surface area contributed by atoms with Gasteiger partial charge in [-0.25, -0.2) is 4.79 Å². The number of ether oxygens (including phenoxy) is 2. The molecule has 140 valence electrons. The molecule has 0 saturated carbocycles. The average Bonchev–Trinajstić information content (AvgIpc) is 3.23. The quantitative estimate of drug-likeness (QED) is 0.792. The zero-order valence-electron chi connectivity index (χ0n) is 14.9. The fraction of sp³-hybridized carbons (Fsp3) is 0.250. The lowest BCUT2D eigenvalue weighted by atomic mass is 10.1. The zero-order chi connectivity index (χ0) is 19.2. The molecule has 0 spiro atoms. The summed E-state index contributed by atoms with van der Waals surface area (Å²) in [5.74, 6) is -0.901. The number of carbonyl (C=O) groups excluding carboxylic acids is 3. The Bertz CT molecular complexity index is 824. The third kappa shape index (κ3) is 4.71. The Morgan fingerprint density at radius 2 is 1.52 bits per heavy atom. The second-order valence-corrected chi connectivity index (χ2v) is 6.09. The van der Waals surface area contributed by atoms with E-state index < -0.39 is 12.1 Å². The van der Waals surface area contributed by atoms with Gasteiger partial charge in [-0.3, -0.25) is 9.59 Å². The van der Waals surface area contributed by atoms with Crippen LogP contribution in [0.3, 0.4) is 0 Å². The summed E-state index contributed by atoms with van der Waals surface area (Å²) in [5.41, 5.74) is 2.02. The fourth-order valence-electron chi connectivity index (χ4n) is 2.72. The van der Waals surface area contributed by atoms with Crippen molar-refractivity contribution < 1.29 is 23.9 Å². The summed E-state index contributed by atoms with van der Waals surface area (Å²) in [5, 5.41) is 5.53. The lowest BCUT2D eigenvalue weighted by Gasteiger charge is -2.11. The highest BCUT2D eigenvalue weighted by Crippen LogP contribution is 2.17. The van der Waals surface area contributed by atoms with Crippen molar-refractivity contribution in [2.75, 3.05) is 24.4 Å². The van der Waals surface area contributed by atoms with E-state index in [1.165, 1.54) is 7.11 Å². The number of methoxy groups -OCH3 is 1. The lowest BCUT2D eigenvalue weighted by Crippen LogP contribution is -2.26. The Morgan fingerprint density at radius 3 is 2.07 bits per heavy atom. The molecule has 2 amide bonds. The number of benzene rings is 2. The maximum atomic E-state index is 12.3. The summed E-state index contributed by atoms with van der Waals surface area (Å²) in [6.45, 7) is 0.609. The molecule has 0 bridgehead atoms. The molecule has 0 aromatic heterocycles. The van der Waals surface area contributed by atoms with E-state index >= 15 is 0 Å². The third-order valence-electron chi connectivity index (χ3n) is 4.20. The van der Waals surface area contributed by atoms with Gasteiger partial charge in [-0.05, 0) is 61.4 Å². The van der Waals surface area contributed by atoms with Crippen LogP contribution in [0, 0.1) is 0 Å². The van der Waals surface area contributed by atoms with E-state index in [9.17, 15) is 14.4 Å². The van der Waals surface area contributed by atoms with E-state index in [0.717, 1.165) is 12.8 Å². The van der Waals surface area contributed by atoms with E-state index in [4.69, 9.17) is 4.74 Å². The van der Waals surface area contributed by atoms with Crippen molar-refractivity contribution in [1.82, 2.24) is 0 Å². The van der Waals surface area contributed by atoms with Crippen LogP contribution >= 0.6 is 0 Å². The molecule has 2 aromatic rings. The van der Waals surface area contributed by atoms with Crippen molar-refractivity contribution in [1.29, 1.82) is 0 Å². The highest BCUT2D eigenvalue weighted by molar-refractivity contribution is 6.05. The second-order valence-electron chi connectivity index (χ2n) is 6.09. The van der Waals surface area contributed by atoms with E-state index in [2.05, 4.69) is 15.4 Å². The van der Waals surface area contributed by atoms with Crippen LogP contribution in [-0.2, 0) is 14.3 Å². The predicted octanol–water partition coefficient (Wildman–Crippen LogP) is 2.84. The van der Waals surface area contributed by atoms with E-state index in [0.29, 0.717) is 29.1 Å². The summed E-state index contributed by atoms with van der Waals surface area (Å²) < 4.78 is 9.97. The van der Waals surface area contributed by atoms with Crippen molar-refractivity contribution in [3.05, 3.63) is 59.7 Å². The Balaban J connectivity index is 1.58. The molecule has 1 saturated heterocycles. The minimum absolute atomic E-state index is 0.171. The van der Waals surface area contributed by atoms with Crippen molar-refractivity contribution in [3.63, 3.8) is 0 Å². The van der Waals surface area contributed by atoms with E-state index in [-0.39, 0.29) is 11.8 Å². The summed E-state index contributed by atoms with van der Waals surface area (Å²) >= 11 is 0. The molecule has 7 nitrogen and oxygen atoms in total. The van der Waals surface area contributed by atoms with Gasteiger partial charge in [0.15, 0.2) is 0 Å². The van der Waals surface area contributed by atoms with Gasteiger partial charge in [0.2, 0.25) is 0 Å². The molecule has 27 heavy (non-hydrogen) atoms. The van der Waals surface area contributed by atoms with Crippen molar-refractivity contribution in [2.45, 2.75) is 18.9 Å². The number of hydrogen-bond acceptors (Lipinski definition) is 5. The largest absolute Gasteiger partial charge is 0.465 e. The molecule has 0 aliphatic carbocycles. The molecule has 0 radical (unpaired) electrons. The highest BCUT2D eigenvalue weighted by Gasteiger charge is 2.23. The van der Waals surface area contributed by atoms with Crippen molar-refractivity contribution in [3.8, 4) is 0 Å². The van der Waals surface area contributed by atoms with Crippen LogP contribution in [0.2, 0.25) is 0 Å². The Labute approximate surface area is 156 Å². The summed E-state index contributed by atoms with van der Waals surface area (Å²) in [6.07, 6.45) is 1.21. The Hall–Kier alpha value is -3.19. The molecule has 2 aromatic carbocycles. The molecule has 1 aliphatic rings. The number of anilines is 2. The molecule has 1 aliphatic heterocycles. The van der Waals surface area contributed by atoms with Crippen LogP contribution in [0.5, 0.6) is 0 Å². The highest BCUT2D eigenvalue weighted by atomic mass is 16.5. The van der Waals surface area contributed by atoms with Crippen molar-refractivity contribution in [2.24, 2.45) is 0 Å². The predicted molar refractivity (Wildman–Crippen MR) is 99.8 cm³/mol. The minimum atomic E-state index is -0.437. The maximum absolute atomic E-state index is 12.3. The molecule has 2 N–H and O–H groups in total. The summed E-state index contributed by atoms with van der Waals surface area (Å²) in [4.78, 5) is 35.8. The topological polar surface area (TPSA) is 93.7 Å². The van der Waals surface area contributed by atoms with Crippen LogP contribution in [0.1, 0.15) is 33.6 Å². The number of hydrogen-bond donors (Lipinski definition) is 2. The first-order valence-electron chi connectivity index (χ1n) is 8.59. The first-order chi connectivity index (χ1) is 13.1. The monoisotopic (exact) mass is 368 g/mol. The van der Waals surface area contributed by atoms with Gasteiger partial charge in [-0.15, -0.1) is 0 Å². The number of carbonyl (C=O) groups is 3. The normalized spacial score (nSPS) is 15.8. The minimum Gasteiger partial charge on any atom is -0.465 e. The molecule has 1 heterocycles. The summed E-state index contributed by atoms with van der Waals surface area (Å²) in [6, 6.07) is 13.0. The number of esters is 1. The summed E-state index contributed by atoms with van der Waals surface area (Å²) in [7, 11) is 1.31. The van der Waals surface area contributed by atoms with Gasteiger partial charge in [0.05, 0.1) is 12.7 Å². The van der Waals surface area contributed by atoms with Crippen LogP contribution in [0.15, 0.2) is 48.5 Å². The molecule has 7 heteroatoms. The maximum Gasteiger partial charge on any atom is 0.337 e. The molecule has 1 fully saturated rings. The van der Waals surface area contributed by atoms with Crippen LogP contribution in [0.4, 0.5) is 11.4 Å². The molecule has 3 rings (SSSR count). The van der Waals surface area contributed by atoms with E-state index in [1.807, 2.05) is 0 Å². The van der Waals surface area contributed by atoms with Crippen LogP contribution < -0.4 is 10.6 Å². The van der Waals surface area contributed by atoms with Gasteiger partial charge in [0.25, 0.3) is 11.8 Å². The Kier molecular flexibility index (Phi) is 5.83. The van der Waals surface area contributed by atoms with Crippen LogP contribution in [0.25, 0.3) is 0 Å². The average molecular weight is 368 g/mol. The lowest BCUT2D eigenvalue weighted by molar-refractivity contribution is -0.124. The van der Waals surface area contributed by atoms with Gasteiger partial charge in [-0.1, -0.05) is 0 Å². The molecule has 1 atom stereocenters. The molecular formula is C20H20N2O5. The smallest absolute Gasteiger partial charge is 0.337 e. The first-order valence-corrected chi connectivity index (χ1v) is 8.59. The zero-order valence-corrected chi connectivity index (χ0v) is 14.9. The van der Waals surface area contributed by atoms with Crippen molar-refractivity contribution >= 4 is 29.2 Å². The number of nitrogens with one attached hydrogen (secondary N) is 2. The van der Waals surface area contributed by atoms with Gasteiger partial charge < -0.3 is 20.1 Å². The molecular weight excluding hydrogens is 348 g/mol. The molecule has 0 unspecified atom stereocenters. The van der Waals surface area contributed by atoms with Gasteiger partial charge in [-0.2, -0.15) is 0 Å². The number of amides is 2. The van der Waals surface area contributed by atoms with Crippen LogP contribution in [-0.4, -0.2) is 37.6 Å². The standard InChI is InChI=1S/C20H20N2O5/c1-26-20(25)14-6-10-15(11-7-14)21-18(23)13-4-8-16(9-5-13)22-19(24)17-3-2-12-27-17/h4-11,17H,2-3,12H2,1H3,(H,21,23)(H,22,24)/t17-/m0/s1. The fourth-order valence-corrected chi connectivity index (χ4v) is 2.72. The third-order valence-corrected chi connectivity index (χ3v) is 4.20. The Morgan fingerprint density at radius 1 is 0.926 bits per heavy atom. The first kappa shape index (κ1) is 18.6. The van der Waals surface area contributed by atoms with Gasteiger partial charge >= 0.3 is 5.97 Å². The number of rotatable bonds is 5. The SMILES string of the molecule is COC(=O)c1ccc(NC(=O)c2ccc(NC(=O)[C@@H]3CCCO3)cc2)cc1.